The zero-order valence-corrected chi connectivity index (χ0v) is 15.3. The Morgan fingerprint density at radius 3 is 2.85 bits per heavy atom. The number of hydrogen-bond acceptors (Lipinski definition) is 7. The number of hydrogen-bond donors (Lipinski definition) is 2. The number of amides is 1. The number of aliphatic hydroxyl groups excluding tert-OH is 1. The topological polar surface area (TPSA) is 95.0 Å². The molecular formula is C18H26N4O4. The first-order valence-corrected chi connectivity index (χ1v) is 8.89. The summed E-state index contributed by atoms with van der Waals surface area (Å²) in [6.07, 6.45) is 0.667. The van der Waals surface area contributed by atoms with Crippen molar-refractivity contribution in [3.8, 4) is 0 Å². The number of rotatable bonds is 7. The Balaban J connectivity index is 1.53. The predicted molar refractivity (Wildman–Crippen MR) is 95.7 cm³/mol. The van der Waals surface area contributed by atoms with Gasteiger partial charge in [-0.3, -0.25) is 14.6 Å². The minimum absolute atomic E-state index is 0.115. The van der Waals surface area contributed by atoms with Gasteiger partial charge in [0.1, 0.15) is 17.3 Å². The van der Waals surface area contributed by atoms with Gasteiger partial charge in [-0.1, -0.05) is 5.16 Å². The Hall–Kier alpha value is -2.16. The van der Waals surface area contributed by atoms with Gasteiger partial charge >= 0.3 is 0 Å². The van der Waals surface area contributed by atoms with E-state index in [1.807, 2.05) is 19.1 Å². The summed E-state index contributed by atoms with van der Waals surface area (Å²) in [4.78, 5) is 16.6. The number of carbonyl (C=O) groups is 1. The number of nitrogens with zero attached hydrogens (tertiary/aromatic N) is 3. The Morgan fingerprint density at radius 1 is 1.35 bits per heavy atom. The van der Waals surface area contributed by atoms with E-state index < -0.39 is 0 Å². The standard InChI is InChI=1S/C18H26N4O4/c1-13-3-4-16(25-13)11-22-7-6-21(10-15(22)5-8-23)12-18(24)19-17-9-14(2)26-20-17/h3-4,9,15,23H,5-8,10-12H2,1-2H3,(H,19,20,24)/t15-/m0/s1. The van der Waals surface area contributed by atoms with Crippen LogP contribution >= 0.6 is 0 Å². The van der Waals surface area contributed by atoms with Crippen LogP contribution in [0, 0.1) is 13.8 Å². The van der Waals surface area contributed by atoms with E-state index in [-0.39, 0.29) is 18.6 Å². The molecule has 1 fully saturated rings. The molecular weight excluding hydrogens is 336 g/mol. The Bertz CT molecular complexity index is 726. The molecule has 1 atom stereocenters. The van der Waals surface area contributed by atoms with E-state index in [9.17, 15) is 9.90 Å². The Labute approximate surface area is 152 Å². The lowest BCUT2D eigenvalue weighted by atomic mass is 10.1. The molecule has 2 aromatic rings. The van der Waals surface area contributed by atoms with Crippen molar-refractivity contribution in [1.29, 1.82) is 0 Å². The highest BCUT2D eigenvalue weighted by atomic mass is 16.5. The van der Waals surface area contributed by atoms with Gasteiger partial charge in [0.15, 0.2) is 5.82 Å². The summed E-state index contributed by atoms with van der Waals surface area (Å²) >= 11 is 0. The summed E-state index contributed by atoms with van der Waals surface area (Å²) < 4.78 is 10.6. The van der Waals surface area contributed by atoms with Crippen molar-refractivity contribution in [3.63, 3.8) is 0 Å². The number of furan rings is 1. The van der Waals surface area contributed by atoms with Crippen LogP contribution in [0.1, 0.15) is 23.7 Å². The zero-order chi connectivity index (χ0) is 18.5. The van der Waals surface area contributed by atoms with Gasteiger partial charge in [-0.25, -0.2) is 0 Å². The highest BCUT2D eigenvalue weighted by Crippen LogP contribution is 2.18. The molecule has 1 amide bonds. The van der Waals surface area contributed by atoms with Gasteiger partial charge in [-0.15, -0.1) is 0 Å². The Morgan fingerprint density at radius 2 is 2.19 bits per heavy atom. The first kappa shape index (κ1) is 18.6. The van der Waals surface area contributed by atoms with Crippen LogP contribution in [0.25, 0.3) is 0 Å². The molecule has 1 saturated heterocycles. The molecule has 26 heavy (non-hydrogen) atoms. The average Bonchev–Trinajstić information content (AvgIpc) is 3.18. The number of piperazine rings is 1. The lowest BCUT2D eigenvalue weighted by molar-refractivity contribution is -0.118. The predicted octanol–water partition coefficient (Wildman–Crippen LogP) is 1.39. The summed E-state index contributed by atoms with van der Waals surface area (Å²) in [5.41, 5.74) is 0. The molecule has 0 saturated carbocycles. The van der Waals surface area contributed by atoms with Gasteiger partial charge in [0.05, 0.1) is 13.1 Å². The van der Waals surface area contributed by atoms with Crippen LogP contribution in [0.2, 0.25) is 0 Å². The molecule has 0 aromatic carbocycles. The van der Waals surface area contributed by atoms with Crippen molar-refractivity contribution in [3.05, 3.63) is 35.5 Å². The second-order valence-electron chi connectivity index (χ2n) is 6.76. The van der Waals surface area contributed by atoms with Crippen LogP contribution in [0.5, 0.6) is 0 Å². The van der Waals surface area contributed by atoms with Crippen LogP contribution in [0.3, 0.4) is 0 Å². The first-order valence-electron chi connectivity index (χ1n) is 8.89. The van der Waals surface area contributed by atoms with E-state index in [0.29, 0.717) is 24.5 Å². The SMILES string of the molecule is Cc1cc(NC(=O)CN2CCN(Cc3ccc(C)o3)[C@@H](CCO)C2)no1. The summed E-state index contributed by atoms with van der Waals surface area (Å²) in [5, 5.41) is 15.9. The number of aromatic nitrogens is 1. The third-order valence-electron chi connectivity index (χ3n) is 4.57. The fourth-order valence-corrected chi connectivity index (χ4v) is 3.31. The monoisotopic (exact) mass is 362 g/mol. The Kier molecular flexibility index (Phi) is 6.08. The molecule has 142 valence electrons. The van der Waals surface area contributed by atoms with E-state index in [0.717, 1.165) is 37.7 Å². The molecule has 8 heteroatoms. The molecule has 0 unspecified atom stereocenters. The smallest absolute Gasteiger partial charge is 0.239 e. The van der Waals surface area contributed by atoms with Gasteiger partial charge in [0, 0.05) is 38.3 Å². The molecule has 0 aliphatic carbocycles. The maximum atomic E-state index is 12.2. The molecule has 0 bridgehead atoms. The summed E-state index contributed by atoms with van der Waals surface area (Å²) in [7, 11) is 0. The maximum absolute atomic E-state index is 12.2. The number of anilines is 1. The van der Waals surface area contributed by atoms with Crippen molar-refractivity contribution in [2.75, 3.05) is 38.1 Å². The van der Waals surface area contributed by atoms with Crippen LogP contribution in [-0.4, -0.2) is 64.8 Å². The van der Waals surface area contributed by atoms with Gasteiger partial charge in [0.25, 0.3) is 0 Å². The number of aliphatic hydroxyl groups is 1. The molecule has 3 heterocycles. The third-order valence-corrected chi connectivity index (χ3v) is 4.57. The average molecular weight is 362 g/mol. The lowest BCUT2D eigenvalue weighted by Crippen LogP contribution is -2.54. The number of aryl methyl sites for hydroxylation is 2. The van der Waals surface area contributed by atoms with E-state index >= 15 is 0 Å². The minimum Gasteiger partial charge on any atom is -0.465 e. The van der Waals surface area contributed by atoms with Crippen LogP contribution in [0.15, 0.2) is 27.1 Å². The molecule has 0 spiro atoms. The highest BCUT2D eigenvalue weighted by Gasteiger charge is 2.28. The highest BCUT2D eigenvalue weighted by molar-refractivity contribution is 5.91. The van der Waals surface area contributed by atoms with Gasteiger partial charge in [-0.2, -0.15) is 0 Å². The molecule has 1 aliphatic rings. The maximum Gasteiger partial charge on any atom is 0.239 e. The van der Waals surface area contributed by atoms with Gasteiger partial charge < -0.3 is 19.4 Å². The molecule has 3 rings (SSSR count). The fraction of sp³-hybridized carbons (Fsp3) is 0.556. The van der Waals surface area contributed by atoms with Crippen molar-refractivity contribution in [2.45, 2.75) is 32.9 Å². The molecule has 8 nitrogen and oxygen atoms in total. The second-order valence-corrected chi connectivity index (χ2v) is 6.76. The van der Waals surface area contributed by atoms with Crippen LogP contribution < -0.4 is 5.32 Å². The van der Waals surface area contributed by atoms with Gasteiger partial charge in [-0.05, 0) is 32.4 Å². The second kappa shape index (κ2) is 8.48. The molecule has 0 radical (unpaired) electrons. The number of carbonyl (C=O) groups excluding carboxylic acids is 1. The van der Waals surface area contributed by atoms with Crippen molar-refractivity contribution in [1.82, 2.24) is 15.0 Å². The number of nitrogens with one attached hydrogen (secondary N) is 1. The van der Waals surface area contributed by atoms with Crippen molar-refractivity contribution >= 4 is 11.7 Å². The normalized spacial score (nSPS) is 19.0. The molecule has 1 aliphatic heterocycles. The quantitative estimate of drug-likeness (QED) is 0.768. The largest absolute Gasteiger partial charge is 0.465 e. The first-order chi connectivity index (χ1) is 12.5. The van der Waals surface area contributed by atoms with Crippen molar-refractivity contribution < 1.29 is 18.8 Å². The lowest BCUT2D eigenvalue weighted by Gasteiger charge is -2.40. The molecule has 2 aromatic heterocycles. The van der Waals surface area contributed by atoms with E-state index in [1.165, 1.54) is 0 Å². The fourth-order valence-electron chi connectivity index (χ4n) is 3.31. The summed E-state index contributed by atoms with van der Waals surface area (Å²) in [6, 6.07) is 5.82. The van der Waals surface area contributed by atoms with Crippen LogP contribution in [-0.2, 0) is 11.3 Å². The minimum atomic E-state index is -0.115. The van der Waals surface area contributed by atoms with E-state index in [4.69, 9.17) is 8.94 Å². The van der Waals surface area contributed by atoms with E-state index in [1.54, 1.807) is 13.0 Å². The van der Waals surface area contributed by atoms with Crippen molar-refractivity contribution in [2.24, 2.45) is 0 Å². The van der Waals surface area contributed by atoms with Gasteiger partial charge in [0.2, 0.25) is 5.91 Å². The summed E-state index contributed by atoms with van der Waals surface area (Å²) in [6.45, 7) is 7.18. The van der Waals surface area contributed by atoms with Crippen LogP contribution in [0.4, 0.5) is 5.82 Å². The van der Waals surface area contributed by atoms with E-state index in [2.05, 4.69) is 20.3 Å². The summed E-state index contributed by atoms with van der Waals surface area (Å²) in [5.74, 6) is 2.81. The zero-order valence-electron chi connectivity index (χ0n) is 15.3. The third kappa shape index (κ3) is 4.94. The molecule has 2 N–H and O–H groups in total.